The number of anilines is 1. The van der Waals surface area contributed by atoms with Gasteiger partial charge in [-0.25, -0.2) is 0 Å². The second kappa shape index (κ2) is 6.40. The molecule has 0 bridgehead atoms. The fourth-order valence-corrected chi connectivity index (χ4v) is 3.83. The summed E-state index contributed by atoms with van der Waals surface area (Å²) < 4.78 is 5.65. The van der Waals surface area contributed by atoms with Crippen molar-refractivity contribution < 1.29 is 4.42 Å². The predicted octanol–water partition coefficient (Wildman–Crippen LogP) is 3.99. The summed E-state index contributed by atoms with van der Waals surface area (Å²) in [7, 11) is 0. The summed E-state index contributed by atoms with van der Waals surface area (Å²) in [6.07, 6.45) is 0. The van der Waals surface area contributed by atoms with Gasteiger partial charge >= 0.3 is 0 Å². The number of furan rings is 1. The highest BCUT2D eigenvalue weighted by molar-refractivity contribution is 5.97. The number of nitriles is 2. The maximum absolute atomic E-state index is 10.0. The molecule has 0 radical (unpaired) electrons. The zero-order chi connectivity index (χ0) is 20.0. The van der Waals surface area contributed by atoms with E-state index in [1.807, 2.05) is 45.0 Å². The van der Waals surface area contributed by atoms with Crippen LogP contribution in [0.3, 0.4) is 0 Å². The van der Waals surface area contributed by atoms with Gasteiger partial charge in [-0.2, -0.15) is 15.6 Å². The van der Waals surface area contributed by atoms with Gasteiger partial charge in [0, 0.05) is 22.6 Å². The summed E-state index contributed by atoms with van der Waals surface area (Å²) in [5.41, 5.74) is 10.0. The normalized spacial score (nSPS) is 19.4. The van der Waals surface area contributed by atoms with Crippen LogP contribution in [0.25, 0.3) is 16.6 Å². The topological polar surface area (TPSA) is 128 Å². The molecule has 2 unspecified atom stereocenters. The second-order valence-corrected chi connectivity index (χ2v) is 6.95. The molecule has 0 fully saturated rings. The highest BCUT2D eigenvalue weighted by Gasteiger charge is 2.36. The molecule has 3 heterocycles. The molecule has 7 heteroatoms. The van der Waals surface area contributed by atoms with E-state index in [9.17, 15) is 10.5 Å². The third-order valence-electron chi connectivity index (χ3n) is 5.17. The Morgan fingerprint density at radius 2 is 1.96 bits per heavy atom. The van der Waals surface area contributed by atoms with E-state index in [2.05, 4.69) is 27.3 Å². The Kier molecular flexibility index (Phi) is 4.01. The largest absolute Gasteiger partial charge is 0.466 e. The molecule has 7 nitrogen and oxygen atoms in total. The lowest BCUT2D eigenvalue weighted by atomic mass is 9.76. The molecule has 1 aliphatic heterocycles. The Hall–Kier alpha value is -3.84. The van der Waals surface area contributed by atoms with Gasteiger partial charge in [-0.05, 0) is 44.5 Å². The number of nitrogen functional groups attached to an aromatic ring is 1. The molecule has 2 aromatic heterocycles. The molecule has 0 saturated carbocycles. The van der Waals surface area contributed by atoms with Crippen LogP contribution in [0.15, 0.2) is 39.2 Å². The number of nitrogens with zero attached hydrogens (tertiary/aromatic N) is 4. The Balaban J connectivity index is 1.98. The Bertz CT molecular complexity index is 1240. The first-order valence-electron chi connectivity index (χ1n) is 8.84. The molecule has 0 aliphatic carbocycles. The number of benzene rings is 1. The lowest BCUT2D eigenvalue weighted by molar-refractivity contribution is 0.503. The number of fused-ring (bicyclic) bond motifs is 1. The molecular weight excluding hydrogens is 352 g/mol. The summed E-state index contributed by atoms with van der Waals surface area (Å²) in [5, 5.41) is 27.5. The Morgan fingerprint density at radius 3 is 2.61 bits per heavy atom. The summed E-state index contributed by atoms with van der Waals surface area (Å²) in [6.45, 7) is 5.52. The van der Waals surface area contributed by atoms with Crippen LogP contribution in [0.2, 0.25) is 0 Å². The lowest BCUT2D eigenvalue weighted by Gasteiger charge is -2.27. The molecule has 4 rings (SSSR count). The van der Waals surface area contributed by atoms with Crippen molar-refractivity contribution in [3.05, 3.63) is 52.5 Å². The van der Waals surface area contributed by atoms with E-state index in [4.69, 9.17) is 10.2 Å². The number of H-pyrrole nitrogens is 1. The van der Waals surface area contributed by atoms with Gasteiger partial charge in [-0.1, -0.05) is 6.07 Å². The highest BCUT2D eigenvalue weighted by atomic mass is 16.3. The van der Waals surface area contributed by atoms with E-state index in [1.54, 1.807) is 0 Å². The molecule has 0 amide bonds. The van der Waals surface area contributed by atoms with Crippen molar-refractivity contribution >= 4 is 28.1 Å². The van der Waals surface area contributed by atoms with Crippen molar-refractivity contribution in [1.82, 2.24) is 10.2 Å². The van der Waals surface area contributed by atoms with E-state index in [-0.39, 0.29) is 0 Å². The van der Waals surface area contributed by atoms with Gasteiger partial charge in [-0.15, -0.1) is 0 Å². The van der Waals surface area contributed by atoms with E-state index < -0.39 is 11.8 Å². The number of aliphatic imine (C=N–C) groups is 1. The monoisotopic (exact) mass is 370 g/mol. The van der Waals surface area contributed by atoms with Crippen molar-refractivity contribution in [2.45, 2.75) is 26.7 Å². The molecule has 2 atom stereocenters. The van der Waals surface area contributed by atoms with Crippen molar-refractivity contribution in [2.75, 3.05) is 5.73 Å². The summed E-state index contributed by atoms with van der Waals surface area (Å²) in [6, 6.07) is 12.2. The highest BCUT2D eigenvalue weighted by Crippen LogP contribution is 2.43. The molecule has 1 aliphatic rings. The van der Waals surface area contributed by atoms with Crippen LogP contribution in [0.1, 0.15) is 35.5 Å². The number of hydrogen-bond donors (Lipinski definition) is 2. The van der Waals surface area contributed by atoms with Gasteiger partial charge in [0.15, 0.2) is 5.82 Å². The number of aromatic amines is 1. The van der Waals surface area contributed by atoms with Gasteiger partial charge in [0.1, 0.15) is 11.5 Å². The molecule has 1 aromatic carbocycles. The van der Waals surface area contributed by atoms with E-state index in [0.29, 0.717) is 28.6 Å². The van der Waals surface area contributed by atoms with E-state index >= 15 is 0 Å². The SMILES string of the molecule is CC1=NC(c2cc(C)oc2C)=C(C#N)C(c2ccc3[nH]nc(N)c3c2)C1C#N. The average molecular weight is 370 g/mol. The first kappa shape index (κ1) is 17.6. The number of hydrogen-bond acceptors (Lipinski definition) is 6. The van der Waals surface area contributed by atoms with Crippen molar-refractivity contribution in [1.29, 1.82) is 10.5 Å². The Morgan fingerprint density at radius 1 is 1.18 bits per heavy atom. The zero-order valence-electron chi connectivity index (χ0n) is 15.7. The minimum absolute atomic E-state index is 0.385. The number of rotatable bonds is 2. The molecule has 0 saturated heterocycles. The second-order valence-electron chi connectivity index (χ2n) is 6.95. The first-order valence-corrected chi connectivity index (χ1v) is 8.84. The number of allylic oxidation sites excluding steroid dienone is 1. The van der Waals surface area contributed by atoms with Crippen LogP contribution in [-0.4, -0.2) is 15.9 Å². The van der Waals surface area contributed by atoms with Crippen LogP contribution in [-0.2, 0) is 0 Å². The molecule has 3 aromatic rings. The molecule has 138 valence electrons. The summed E-state index contributed by atoms with van der Waals surface area (Å²) in [5.74, 6) is 0.834. The van der Waals surface area contributed by atoms with Gasteiger partial charge in [-0.3, -0.25) is 10.1 Å². The smallest absolute Gasteiger partial charge is 0.153 e. The minimum Gasteiger partial charge on any atom is -0.466 e. The standard InChI is InChI=1S/C21H18N6O/c1-10-6-14(12(3)28-10)20-17(9-23)19(16(8-22)11(2)25-20)13-4-5-18-15(7-13)21(24)27-26-18/h4-7,16,19H,1-3H3,(H3,24,26,27). The van der Waals surface area contributed by atoms with Crippen LogP contribution in [0.4, 0.5) is 5.82 Å². The number of nitrogens with two attached hydrogens (primary N) is 1. The first-order chi connectivity index (χ1) is 13.4. The van der Waals surface area contributed by atoms with Crippen molar-refractivity contribution in [3.8, 4) is 12.1 Å². The Labute approximate surface area is 161 Å². The van der Waals surface area contributed by atoms with Crippen LogP contribution < -0.4 is 5.73 Å². The summed E-state index contributed by atoms with van der Waals surface area (Å²) >= 11 is 0. The molecule has 0 spiro atoms. The van der Waals surface area contributed by atoms with Crippen LogP contribution in [0.5, 0.6) is 0 Å². The fraction of sp³-hybridized carbons (Fsp3) is 0.238. The lowest BCUT2D eigenvalue weighted by Crippen LogP contribution is -2.25. The van der Waals surface area contributed by atoms with Crippen LogP contribution in [0, 0.1) is 42.4 Å². The minimum atomic E-state index is -0.544. The van der Waals surface area contributed by atoms with Crippen LogP contribution >= 0.6 is 0 Å². The van der Waals surface area contributed by atoms with Gasteiger partial charge in [0.05, 0.1) is 34.8 Å². The molecule has 3 N–H and O–H groups in total. The van der Waals surface area contributed by atoms with Crippen molar-refractivity contribution in [2.24, 2.45) is 10.9 Å². The van der Waals surface area contributed by atoms with Gasteiger partial charge in [0.25, 0.3) is 0 Å². The fourth-order valence-electron chi connectivity index (χ4n) is 3.83. The van der Waals surface area contributed by atoms with Crippen molar-refractivity contribution in [3.63, 3.8) is 0 Å². The van der Waals surface area contributed by atoms with E-state index in [1.165, 1.54) is 0 Å². The van der Waals surface area contributed by atoms with E-state index in [0.717, 1.165) is 27.8 Å². The number of nitrogens with one attached hydrogen (secondary N) is 1. The number of aromatic nitrogens is 2. The average Bonchev–Trinajstić information content (AvgIpc) is 3.22. The number of aryl methyl sites for hydroxylation is 2. The van der Waals surface area contributed by atoms with Gasteiger partial charge < -0.3 is 10.2 Å². The predicted molar refractivity (Wildman–Crippen MR) is 106 cm³/mol. The third kappa shape index (κ3) is 2.57. The molecular formula is C21H18N6O. The maximum Gasteiger partial charge on any atom is 0.153 e. The zero-order valence-corrected chi connectivity index (χ0v) is 15.7. The quantitative estimate of drug-likeness (QED) is 0.705. The summed E-state index contributed by atoms with van der Waals surface area (Å²) in [4.78, 5) is 4.62. The van der Waals surface area contributed by atoms with Gasteiger partial charge in [0.2, 0.25) is 0 Å². The third-order valence-corrected chi connectivity index (χ3v) is 5.17. The maximum atomic E-state index is 10.0. The molecule has 28 heavy (non-hydrogen) atoms.